The second-order valence-corrected chi connectivity index (χ2v) is 8.32. The van der Waals surface area contributed by atoms with Gasteiger partial charge in [-0.15, -0.1) is 0 Å². The maximum absolute atomic E-state index is 13.0. The minimum Gasteiger partial charge on any atom is -0.497 e. The lowest BCUT2D eigenvalue weighted by Gasteiger charge is -2.27. The maximum atomic E-state index is 13.0. The van der Waals surface area contributed by atoms with Crippen molar-refractivity contribution in [1.29, 1.82) is 0 Å². The minimum absolute atomic E-state index is 0.119. The highest BCUT2D eigenvalue weighted by Crippen LogP contribution is 2.48. The van der Waals surface area contributed by atoms with E-state index in [0.29, 0.717) is 25.7 Å². The SMILES string of the molecule is COc1ccc(CN(C(=O)CN2C[C@@H]3CCC[C@@]3(C(=O)O)C2)C2CC2)cc1. The summed E-state index contributed by atoms with van der Waals surface area (Å²) < 4.78 is 5.20. The number of rotatable bonds is 7. The van der Waals surface area contributed by atoms with Gasteiger partial charge in [0.2, 0.25) is 5.91 Å². The van der Waals surface area contributed by atoms with Crippen LogP contribution in [-0.4, -0.2) is 59.6 Å². The van der Waals surface area contributed by atoms with Crippen molar-refractivity contribution in [1.82, 2.24) is 9.80 Å². The van der Waals surface area contributed by atoms with E-state index in [1.807, 2.05) is 29.2 Å². The van der Waals surface area contributed by atoms with Crippen molar-refractivity contribution in [3.05, 3.63) is 29.8 Å². The van der Waals surface area contributed by atoms with E-state index in [1.165, 1.54) is 0 Å². The fraction of sp³-hybridized carbons (Fsp3) is 0.619. The minimum atomic E-state index is -0.683. The van der Waals surface area contributed by atoms with Crippen LogP contribution >= 0.6 is 0 Å². The number of carbonyl (C=O) groups is 2. The molecule has 1 aliphatic heterocycles. The van der Waals surface area contributed by atoms with Gasteiger partial charge in [0, 0.05) is 25.7 Å². The smallest absolute Gasteiger partial charge is 0.311 e. The molecule has 27 heavy (non-hydrogen) atoms. The van der Waals surface area contributed by atoms with E-state index in [-0.39, 0.29) is 11.8 Å². The van der Waals surface area contributed by atoms with Gasteiger partial charge in [-0.25, -0.2) is 0 Å². The number of aliphatic carboxylic acids is 1. The summed E-state index contributed by atoms with van der Waals surface area (Å²) >= 11 is 0. The summed E-state index contributed by atoms with van der Waals surface area (Å²) in [5, 5.41) is 9.74. The molecule has 2 atom stereocenters. The summed E-state index contributed by atoms with van der Waals surface area (Å²) in [6.07, 6.45) is 4.82. The molecule has 2 saturated carbocycles. The zero-order valence-corrected chi connectivity index (χ0v) is 15.9. The van der Waals surface area contributed by atoms with Gasteiger partial charge >= 0.3 is 5.97 Å². The summed E-state index contributed by atoms with van der Waals surface area (Å²) in [6.45, 7) is 2.19. The van der Waals surface area contributed by atoms with Gasteiger partial charge in [-0.3, -0.25) is 14.5 Å². The van der Waals surface area contributed by atoms with Crippen molar-refractivity contribution in [3.63, 3.8) is 0 Å². The molecule has 2 aliphatic carbocycles. The third-order valence-corrected chi connectivity index (χ3v) is 6.55. The Morgan fingerprint density at radius 2 is 2.00 bits per heavy atom. The highest BCUT2D eigenvalue weighted by Gasteiger charge is 2.55. The normalized spacial score (nSPS) is 27.4. The van der Waals surface area contributed by atoms with E-state index in [0.717, 1.165) is 50.0 Å². The molecule has 1 amide bonds. The second kappa shape index (κ2) is 7.15. The summed E-state index contributed by atoms with van der Waals surface area (Å²) in [5.74, 6) is 0.440. The van der Waals surface area contributed by atoms with E-state index in [1.54, 1.807) is 7.11 Å². The van der Waals surface area contributed by atoms with Gasteiger partial charge < -0.3 is 14.7 Å². The van der Waals surface area contributed by atoms with E-state index >= 15 is 0 Å². The van der Waals surface area contributed by atoms with Crippen LogP contribution in [0.25, 0.3) is 0 Å². The summed E-state index contributed by atoms with van der Waals surface area (Å²) in [5.41, 5.74) is 0.470. The lowest BCUT2D eigenvalue weighted by Crippen LogP contribution is -2.42. The van der Waals surface area contributed by atoms with E-state index in [2.05, 4.69) is 4.90 Å². The molecule has 0 unspecified atom stereocenters. The lowest BCUT2D eigenvalue weighted by atomic mass is 9.81. The van der Waals surface area contributed by atoms with Crippen molar-refractivity contribution in [3.8, 4) is 5.75 Å². The topological polar surface area (TPSA) is 70.1 Å². The molecule has 4 rings (SSSR count). The summed E-state index contributed by atoms with van der Waals surface area (Å²) in [6, 6.07) is 8.17. The number of likely N-dealkylation sites (tertiary alicyclic amines) is 1. The Kier molecular flexibility index (Phi) is 4.84. The Balaban J connectivity index is 1.40. The van der Waals surface area contributed by atoms with Crippen molar-refractivity contribution in [2.45, 2.75) is 44.7 Å². The Morgan fingerprint density at radius 3 is 2.59 bits per heavy atom. The molecule has 0 radical (unpaired) electrons. The highest BCUT2D eigenvalue weighted by molar-refractivity contribution is 5.80. The van der Waals surface area contributed by atoms with Crippen molar-refractivity contribution < 1.29 is 19.4 Å². The molecule has 1 saturated heterocycles. The average Bonchev–Trinajstić information content (AvgIpc) is 3.31. The van der Waals surface area contributed by atoms with Gasteiger partial charge in [-0.05, 0) is 49.3 Å². The first kappa shape index (κ1) is 18.3. The van der Waals surface area contributed by atoms with Crippen LogP contribution in [-0.2, 0) is 16.1 Å². The number of carboxylic acids is 1. The number of hydrogen-bond donors (Lipinski definition) is 1. The summed E-state index contributed by atoms with van der Waals surface area (Å²) in [7, 11) is 1.64. The Labute approximate surface area is 160 Å². The number of methoxy groups -OCH3 is 1. The van der Waals surface area contributed by atoms with Gasteiger partial charge in [-0.2, -0.15) is 0 Å². The van der Waals surface area contributed by atoms with Crippen molar-refractivity contribution in [2.24, 2.45) is 11.3 Å². The molecule has 3 fully saturated rings. The lowest BCUT2D eigenvalue weighted by molar-refractivity contribution is -0.149. The molecule has 146 valence electrons. The monoisotopic (exact) mass is 372 g/mol. The van der Waals surface area contributed by atoms with Gasteiger partial charge in [0.05, 0.1) is 19.1 Å². The third-order valence-electron chi connectivity index (χ3n) is 6.55. The second-order valence-electron chi connectivity index (χ2n) is 8.32. The van der Waals surface area contributed by atoms with Crippen LogP contribution in [0, 0.1) is 11.3 Å². The number of carboxylic acid groups (broad SMARTS) is 1. The van der Waals surface area contributed by atoms with Crippen molar-refractivity contribution in [2.75, 3.05) is 26.7 Å². The molecule has 6 nitrogen and oxygen atoms in total. The molecule has 0 spiro atoms. The van der Waals surface area contributed by atoms with Crippen LogP contribution in [0.1, 0.15) is 37.7 Å². The molecule has 3 aliphatic rings. The quantitative estimate of drug-likeness (QED) is 0.796. The van der Waals surface area contributed by atoms with Crippen LogP contribution in [0.2, 0.25) is 0 Å². The molecule has 1 aromatic carbocycles. The number of hydrogen-bond acceptors (Lipinski definition) is 4. The van der Waals surface area contributed by atoms with Crippen molar-refractivity contribution >= 4 is 11.9 Å². The number of amides is 1. The van der Waals surface area contributed by atoms with Crippen LogP contribution in [0.3, 0.4) is 0 Å². The number of ether oxygens (including phenoxy) is 1. The zero-order chi connectivity index (χ0) is 19.0. The highest BCUT2D eigenvalue weighted by atomic mass is 16.5. The maximum Gasteiger partial charge on any atom is 0.311 e. The van der Waals surface area contributed by atoms with Crippen LogP contribution in [0.15, 0.2) is 24.3 Å². The Morgan fingerprint density at radius 1 is 1.26 bits per heavy atom. The largest absolute Gasteiger partial charge is 0.497 e. The predicted molar refractivity (Wildman–Crippen MR) is 100 cm³/mol. The van der Waals surface area contributed by atoms with Crippen LogP contribution in [0.4, 0.5) is 0 Å². The number of fused-ring (bicyclic) bond motifs is 1. The van der Waals surface area contributed by atoms with Gasteiger partial charge in [-0.1, -0.05) is 18.6 Å². The first-order chi connectivity index (χ1) is 13.0. The Hall–Kier alpha value is -2.08. The number of carbonyl (C=O) groups excluding carboxylic acids is 1. The van der Waals surface area contributed by atoms with Crippen LogP contribution in [0.5, 0.6) is 5.75 Å². The average molecular weight is 372 g/mol. The molecule has 6 heteroatoms. The molecular formula is C21H28N2O4. The van der Waals surface area contributed by atoms with E-state index in [9.17, 15) is 14.7 Å². The van der Waals surface area contributed by atoms with Crippen LogP contribution < -0.4 is 4.74 Å². The van der Waals surface area contributed by atoms with Gasteiger partial charge in [0.1, 0.15) is 5.75 Å². The number of benzene rings is 1. The molecule has 1 aromatic rings. The predicted octanol–water partition coefficient (Wildman–Crippen LogP) is 2.37. The fourth-order valence-electron chi connectivity index (χ4n) is 4.88. The molecule has 0 bridgehead atoms. The summed E-state index contributed by atoms with van der Waals surface area (Å²) in [4.78, 5) is 28.9. The first-order valence-corrected chi connectivity index (χ1v) is 9.90. The molecule has 0 aromatic heterocycles. The molecular weight excluding hydrogens is 344 g/mol. The van der Waals surface area contributed by atoms with Gasteiger partial charge in [0.15, 0.2) is 0 Å². The van der Waals surface area contributed by atoms with E-state index in [4.69, 9.17) is 4.74 Å². The standard InChI is InChI=1S/C21H28N2O4/c1-27-18-8-4-15(5-9-18)11-23(17-6-7-17)19(24)13-22-12-16-3-2-10-21(16,14-22)20(25)26/h4-5,8-9,16-17H,2-3,6-7,10-14H2,1H3,(H,25,26)/t16-,21+/m0/s1. The first-order valence-electron chi connectivity index (χ1n) is 9.90. The molecule has 1 N–H and O–H groups in total. The number of nitrogens with zero attached hydrogens (tertiary/aromatic N) is 2. The van der Waals surface area contributed by atoms with E-state index < -0.39 is 11.4 Å². The fourth-order valence-corrected chi connectivity index (χ4v) is 4.88. The van der Waals surface area contributed by atoms with Gasteiger partial charge in [0.25, 0.3) is 0 Å². The third kappa shape index (κ3) is 3.55. The zero-order valence-electron chi connectivity index (χ0n) is 15.9. The molecule has 1 heterocycles. The Bertz CT molecular complexity index is 715.